The maximum absolute atomic E-state index is 13.2. The van der Waals surface area contributed by atoms with Gasteiger partial charge in [-0.05, 0) is 66.7 Å². The molecule has 2 aliphatic heterocycles. The second kappa shape index (κ2) is 12.7. The monoisotopic (exact) mass is 588 g/mol. The third-order valence-electron chi connectivity index (χ3n) is 7.55. The van der Waals surface area contributed by atoms with E-state index in [1.165, 1.54) is 7.11 Å². The van der Waals surface area contributed by atoms with Crippen LogP contribution in [0.25, 0.3) is 0 Å². The number of methoxy groups -OCH3 is 1. The maximum atomic E-state index is 13.2. The first-order valence-corrected chi connectivity index (χ1v) is 14.0. The van der Waals surface area contributed by atoms with Crippen LogP contribution >= 0.6 is 11.6 Å². The summed E-state index contributed by atoms with van der Waals surface area (Å²) in [5, 5.41) is 6.06. The Kier molecular flexibility index (Phi) is 8.86. The number of nitrogens with zero attached hydrogens (tertiary/aromatic N) is 4. The molecular weight excluding hydrogens is 556 g/mol. The summed E-state index contributed by atoms with van der Waals surface area (Å²) in [6.45, 7) is 4.02. The molecular formula is C31H33ClN6O4. The van der Waals surface area contributed by atoms with Gasteiger partial charge in [-0.15, -0.1) is 0 Å². The number of aliphatic imine (C=N–C) groups is 1. The first kappa shape index (κ1) is 29.2. The van der Waals surface area contributed by atoms with Crippen molar-refractivity contribution in [3.05, 3.63) is 82.9 Å². The summed E-state index contributed by atoms with van der Waals surface area (Å²) in [6, 6.07) is 19.7. The molecule has 1 saturated heterocycles. The summed E-state index contributed by atoms with van der Waals surface area (Å²) >= 11 is 6.18. The van der Waals surface area contributed by atoms with Crippen LogP contribution in [0.15, 0.2) is 71.7 Å². The Morgan fingerprint density at radius 1 is 1.05 bits per heavy atom. The fourth-order valence-electron chi connectivity index (χ4n) is 5.03. The number of likely N-dealkylation sites (N-methyl/N-ethyl adjacent to an activating group) is 2. The van der Waals surface area contributed by atoms with Crippen LogP contribution in [0, 0.1) is 0 Å². The highest BCUT2D eigenvalue weighted by atomic mass is 35.5. The lowest BCUT2D eigenvalue weighted by Crippen LogP contribution is -2.48. The molecule has 218 valence electrons. The molecule has 3 aromatic rings. The number of hydrogen-bond acceptors (Lipinski definition) is 7. The minimum atomic E-state index is -0.677. The molecule has 3 aromatic carbocycles. The highest BCUT2D eigenvalue weighted by molar-refractivity contribution is 6.31. The van der Waals surface area contributed by atoms with E-state index in [2.05, 4.69) is 32.2 Å². The lowest BCUT2D eigenvalue weighted by molar-refractivity contribution is -0.120. The van der Waals surface area contributed by atoms with Gasteiger partial charge in [-0.2, -0.15) is 0 Å². The minimum Gasteiger partial charge on any atom is -0.453 e. The van der Waals surface area contributed by atoms with E-state index in [0.717, 1.165) is 37.4 Å². The van der Waals surface area contributed by atoms with E-state index >= 15 is 0 Å². The minimum absolute atomic E-state index is 0.0232. The largest absolute Gasteiger partial charge is 0.453 e. The summed E-state index contributed by atoms with van der Waals surface area (Å²) < 4.78 is 4.67. The summed E-state index contributed by atoms with van der Waals surface area (Å²) in [7, 11) is 5.16. The number of anilines is 3. The Bertz CT molecular complexity index is 1500. The molecule has 10 nitrogen and oxygen atoms in total. The lowest BCUT2D eigenvalue weighted by atomic mass is 9.90. The number of benzene rings is 3. The number of rotatable bonds is 7. The van der Waals surface area contributed by atoms with Gasteiger partial charge in [0, 0.05) is 55.3 Å². The summed E-state index contributed by atoms with van der Waals surface area (Å²) in [4.78, 5) is 48.9. The topological polar surface area (TPSA) is 107 Å². The molecule has 0 radical (unpaired) electrons. The number of piperazine rings is 1. The van der Waals surface area contributed by atoms with Crippen LogP contribution < -0.4 is 15.5 Å². The van der Waals surface area contributed by atoms with Gasteiger partial charge in [-0.3, -0.25) is 24.8 Å². The number of ether oxygens (including phenoxy) is 1. The fraction of sp³-hybridized carbons (Fsp3) is 0.290. The highest BCUT2D eigenvalue weighted by Gasteiger charge is 2.35. The van der Waals surface area contributed by atoms with Crippen LogP contribution in [0.4, 0.5) is 27.5 Å². The van der Waals surface area contributed by atoms with Crippen LogP contribution in [0.5, 0.6) is 0 Å². The molecule has 0 bridgehead atoms. The van der Waals surface area contributed by atoms with E-state index < -0.39 is 12.0 Å². The van der Waals surface area contributed by atoms with E-state index in [1.54, 1.807) is 48.3 Å². The van der Waals surface area contributed by atoms with Gasteiger partial charge in [-0.25, -0.2) is 4.79 Å². The highest BCUT2D eigenvalue weighted by Crippen LogP contribution is 2.38. The molecule has 0 aromatic heterocycles. The molecule has 42 heavy (non-hydrogen) atoms. The number of carbonyl (C=O) groups excluding carboxylic acids is 3. The van der Waals surface area contributed by atoms with Crippen LogP contribution in [-0.2, 0) is 14.3 Å². The summed E-state index contributed by atoms with van der Waals surface area (Å²) in [5.41, 5.74) is 4.58. The molecule has 5 rings (SSSR count). The number of hydrogen-bond donors (Lipinski definition) is 2. The van der Waals surface area contributed by atoms with Crippen molar-refractivity contribution in [2.75, 3.05) is 69.5 Å². The lowest BCUT2D eigenvalue weighted by Gasteiger charge is -2.32. The molecule has 1 unspecified atom stereocenters. The summed E-state index contributed by atoms with van der Waals surface area (Å²) in [5.74, 6) is -0.868. The Labute approximate surface area is 249 Å². The SMILES string of the molecule is COC(=O)Nc1ccc(C(=Nc2ccc(N(C)C(=O)CN3CCN(C)CC3)cc2)C2C(=O)Nc3cc(Cl)ccc32)cc1. The summed E-state index contributed by atoms with van der Waals surface area (Å²) in [6.07, 6.45) is -0.579. The normalized spacial score (nSPS) is 17.4. The van der Waals surface area contributed by atoms with Crippen LogP contribution in [0.1, 0.15) is 17.0 Å². The number of fused-ring (bicyclic) bond motifs is 1. The Morgan fingerprint density at radius 2 is 1.74 bits per heavy atom. The molecule has 1 atom stereocenters. The van der Waals surface area contributed by atoms with E-state index in [4.69, 9.17) is 16.6 Å². The zero-order valence-electron chi connectivity index (χ0n) is 23.8. The van der Waals surface area contributed by atoms with Gasteiger partial charge in [0.05, 0.1) is 25.1 Å². The average molecular weight is 589 g/mol. The second-order valence-corrected chi connectivity index (χ2v) is 10.8. The molecule has 3 amide bonds. The van der Waals surface area contributed by atoms with E-state index in [9.17, 15) is 14.4 Å². The van der Waals surface area contributed by atoms with Crippen molar-refractivity contribution in [2.45, 2.75) is 5.92 Å². The molecule has 0 spiro atoms. The van der Waals surface area contributed by atoms with Crippen molar-refractivity contribution in [1.29, 1.82) is 0 Å². The average Bonchev–Trinajstić information content (AvgIpc) is 3.31. The molecule has 2 heterocycles. The van der Waals surface area contributed by atoms with Gasteiger partial charge >= 0.3 is 6.09 Å². The van der Waals surface area contributed by atoms with Gasteiger partial charge in [0.1, 0.15) is 5.92 Å². The van der Waals surface area contributed by atoms with Crippen molar-refractivity contribution in [3.8, 4) is 0 Å². The predicted octanol–water partition coefficient (Wildman–Crippen LogP) is 4.59. The third kappa shape index (κ3) is 6.62. The van der Waals surface area contributed by atoms with Crippen LogP contribution in [-0.4, -0.2) is 87.3 Å². The van der Waals surface area contributed by atoms with Crippen molar-refractivity contribution in [3.63, 3.8) is 0 Å². The number of nitrogens with one attached hydrogen (secondary N) is 2. The Balaban J connectivity index is 1.42. The zero-order chi connectivity index (χ0) is 29.8. The quantitative estimate of drug-likeness (QED) is 0.391. The van der Waals surface area contributed by atoms with Crippen molar-refractivity contribution in [1.82, 2.24) is 9.80 Å². The molecule has 0 aliphatic carbocycles. The van der Waals surface area contributed by atoms with E-state index in [0.29, 0.717) is 39.9 Å². The van der Waals surface area contributed by atoms with Crippen molar-refractivity contribution < 1.29 is 19.1 Å². The van der Waals surface area contributed by atoms with E-state index in [1.807, 2.05) is 30.3 Å². The first-order chi connectivity index (χ1) is 20.2. The number of carbonyl (C=O) groups is 3. The van der Waals surface area contributed by atoms with Gasteiger partial charge < -0.3 is 19.9 Å². The molecule has 1 fully saturated rings. The standard InChI is InChI=1S/C31H33ClN6O4/c1-36-14-16-38(17-15-36)19-27(39)37(2)24-11-9-22(10-12-24)33-29(20-4-7-23(8-5-20)34-31(41)42-3)28-25-13-6-21(32)18-26(25)35-30(28)40/h4-13,18,28H,14-17,19H2,1-3H3,(H,34,41)(H,35,40). The number of amides is 3. The first-order valence-electron chi connectivity index (χ1n) is 13.6. The molecule has 2 N–H and O–H groups in total. The molecule has 0 saturated carbocycles. The molecule has 2 aliphatic rings. The van der Waals surface area contributed by atoms with Crippen molar-refractivity contribution >= 4 is 58.0 Å². The van der Waals surface area contributed by atoms with Crippen LogP contribution in [0.2, 0.25) is 5.02 Å². The smallest absolute Gasteiger partial charge is 0.411 e. The zero-order valence-corrected chi connectivity index (χ0v) is 24.5. The Hall–Kier alpha value is -4.25. The Morgan fingerprint density at radius 3 is 2.40 bits per heavy atom. The number of halogens is 1. The fourth-order valence-corrected chi connectivity index (χ4v) is 5.20. The van der Waals surface area contributed by atoms with Gasteiger partial charge in [0.2, 0.25) is 11.8 Å². The van der Waals surface area contributed by atoms with Gasteiger partial charge in [-0.1, -0.05) is 29.8 Å². The molecule has 11 heteroatoms. The van der Waals surface area contributed by atoms with Gasteiger partial charge in [0.25, 0.3) is 0 Å². The second-order valence-electron chi connectivity index (χ2n) is 10.4. The van der Waals surface area contributed by atoms with Crippen molar-refractivity contribution in [2.24, 2.45) is 4.99 Å². The maximum Gasteiger partial charge on any atom is 0.411 e. The third-order valence-corrected chi connectivity index (χ3v) is 7.78. The van der Waals surface area contributed by atoms with Gasteiger partial charge in [0.15, 0.2) is 0 Å². The van der Waals surface area contributed by atoms with Crippen LogP contribution in [0.3, 0.4) is 0 Å². The van der Waals surface area contributed by atoms with E-state index in [-0.39, 0.29) is 11.8 Å². The predicted molar refractivity (Wildman–Crippen MR) is 165 cm³/mol.